The fourth-order valence-electron chi connectivity index (χ4n) is 3.91. The molecule has 1 aliphatic heterocycles. The summed E-state index contributed by atoms with van der Waals surface area (Å²) < 4.78 is 6.01. The first-order chi connectivity index (χ1) is 11.8. The molecule has 2 aliphatic rings. The van der Waals surface area contributed by atoms with Crippen molar-refractivity contribution in [3.63, 3.8) is 0 Å². The van der Waals surface area contributed by atoms with Gasteiger partial charge in [0.25, 0.3) is 5.91 Å². The first-order valence-electron chi connectivity index (χ1n) is 9.24. The molecule has 1 saturated heterocycles. The van der Waals surface area contributed by atoms with E-state index in [4.69, 9.17) is 4.42 Å². The van der Waals surface area contributed by atoms with E-state index in [-0.39, 0.29) is 5.91 Å². The minimum Gasteiger partial charge on any atom is -0.451 e. The Labute approximate surface area is 147 Å². The Bertz CT molecular complexity index is 711. The Hall–Kier alpha value is -1.42. The molecule has 0 radical (unpaired) electrons. The van der Waals surface area contributed by atoms with Crippen molar-refractivity contribution < 1.29 is 9.21 Å². The molecule has 3 nitrogen and oxygen atoms in total. The molecule has 1 saturated carbocycles. The van der Waals surface area contributed by atoms with Crippen LogP contribution in [-0.4, -0.2) is 29.1 Å². The Morgan fingerprint density at radius 2 is 1.83 bits per heavy atom. The zero-order chi connectivity index (χ0) is 16.4. The zero-order valence-electron chi connectivity index (χ0n) is 14.1. The molecule has 1 aromatic carbocycles. The van der Waals surface area contributed by atoms with Crippen molar-refractivity contribution in [3.05, 3.63) is 35.6 Å². The van der Waals surface area contributed by atoms with Gasteiger partial charge in [0.15, 0.2) is 5.76 Å². The summed E-state index contributed by atoms with van der Waals surface area (Å²) in [4.78, 5) is 14.9. The van der Waals surface area contributed by atoms with E-state index in [1.54, 1.807) is 0 Å². The summed E-state index contributed by atoms with van der Waals surface area (Å²) in [7, 11) is 0. The lowest BCUT2D eigenvalue weighted by molar-refractivity contribution is 0.0762. The molecule has 2 fully saturated rings. The number of rotatable bonds is 4. The second-order valence-corrected chi connectivity index (χ2v) is 8.26. The van der Waals surface area contributed by atoms with E-state index in [9.17, 15) is 4.79 Å². The number of likely N-dealkylation sites (tertiary alicyclic amines) is 1. The van der Waals surface area contributed by atoms with Crippen LogP contribution in [-0.2, 0) is 5.75 Å². The number of carbonyl (C=O) groups excluding carboxylic acids is 1. The second-order valence-electron chi connectivity index (χ2n) is 6.98. The van der Waals surface area contributed by atoms with Crippen LogP contribution in [0.4, 0.5) is 0 Å². The van der Waals surface area contributed by atoms with Crippen LogP contribution >= 0.6 is 11.8 Å². The Morgan fingerprint density at radius 3 is 2.62 bits per heavy atom. The molecule has 0 bridgehead atoms. The molecule has 4 heteroatoms. The van der Waals surface area contributed by atoms with Gasteiger partial charge < -0.3 is 9.32 Å². The number of para-hydroxylation sites is 1. The topological polar surface area (TPSA) is 33.5 Å². The van der Waals surface area contributed by atoms with E-state index in [1.807, 2.05) is 34.9 Å². The van der Waals surface area contributed by atoms with Gasteiger partial charge in [-0.3, -0.25) is 4.79 Å². The van der Waals surface area contributed by atoms with E-state index in [0.29, 0.717) is 5.76 Å². The number of thioether (sulfide) groups is 1. The number of amides is 1. The molecule has 1 amide bonds. The summed E-state index contributed by atoms with van der Waals surface area (Å²) in [5, 5.41) is 1.85. The number of nitrogens with zero attached hydrogens (tertiary/aromatic N) is 1. The van der Waals surface area contributed by atoms with Gasteiger partial charge in [-0.05, 0) is 31.7 Å². The van der Waals surface area contributed by atoms with Gasteiger partial charge in [0.05, 0.1) is 0 Å². The van der Waals surface area contributed by atoms with E-state index >= 15 is 0 Å². The first kappa shape index (κ1) is 16.1. The van der Waals surface area contributed by atoms with Crippen molar-refractivity contribution >= 4 is 28.6 Å². The predicted octanol–water partition coefficient (Wildman–Crippen LogP) is 5.23. The standard InChI is InChI=1S/C20H25NO2S/c22-20(21-12-6-7-13-21)19-17(14-24-15-8-2-1-3-9-15)16-10-4-5-11-18(16)23-19/h4-5,10-11,15H,1-3,6-9,12-14H2. The van der Waals surface area contributed by atoms with Crippen molar-refractivity contribution in [2.24, 2.45) is 0 Å². The third kappa shape index (κ3) is 3.21. The van der Waals surface area contributed by atoms with Crippen LogP contribution < -0.4 is 0 Å². The highest BCUT2D eigenvalue weighted by Crippen LogP contribution is 2.35. The SMILES string of the molecule is O=C(c1oc2ccccc2c1CSC1CCCCC1)N1CCCC1. The highest BCUT2D eigenvalue weighted by Gasteiger charge is 2.27. The average molecular weight is 343 g/mol. The number of carbonyl (C=O) groups is 1. The minimum atomic E-state index is 0.0861. The van der Waals surface area contributed by atoms with E-state index < -0.39 is 0 Å². The Morgan fingerprint density at radius 1 is 1.08 bits per heavy atom. The van der Waals surface area contributed by atoms with Crippen LogP contribution in [0.2, 0.25) is 0 Å². The summed E-state index contributed by atoms with van der Waals surface area (Å²) >= 11 is 2.01. The summed E-state index contributed by atoms with van der Waals surface area (Å²) in [6.45, 7) is 1.73. The maximum atomic E-state index is 12.9. The number of fused-ring (bicyclic) bond motifs is 1. The lowest BCUT2D eigenvalue weighted by Crippen LogP contribution is -2.28. The molecule has 2 heterocycles. The lowest BCUT2D eigenvalue weighted by Gasteiger charge is -2.21. The lowest BCUT2D eigenvalue weighted by atomic mass is 10.0. The molecule has 1 aliphatic carbocycles. The van der Waals surface area contributed by atoms with Gasteiger partial charge >= 0.3 is 0 Å². The van der Waals surface area contributed by atoms with Crippen LogP contribution in [0.15, 0.2) is 28.7 Å². The Kier molecular flexibility index (Phi) is 4.83. The molecule has 0 atom stereocenters. The summed E-state index contributed by atoms with van der Waals surface area (Å²) in [6.07, 6.45) is 8.93. The minimum absolute atomic E-state index is 0.0861. The zero-order valence-corrected chi connectivity index (χ0v) is 14.9. The number of benzene rings is 1. The third-order valence-corrected chi connectivity index (χ3v) is 6.70. The average Bonchev–Trinajstić information content (AvgIpc) is 3.28. The van der Waals surface area contributed by atoms with Gasteiger partial charge in [0, 0.05) is 35.0 Å². The second kappa shape index (κ2) is 7.22. The molecule has 24 heavy (non-hydrogen) atoms. The summed E-state index contributed by atoms with van der Waals surface area (Å²) in [6, 6.07) is 8.09. The van der Waals surface area contributed by atoms with Crippen molar-refractivity contribution in [2.75, 3.05) is 13.1 Å². The van der Waals surface area contributed by atoms with Gasteiger partial charge in [-0.2, -0.15) is 11.8 Å². The normalized spacial score (nSPS) is 19.2. The van der Waals surface area contributed by atoms with Gasteiger partial charge in [0.2, 0.25) is 0 Å². The monoisotopic (exact) mass is 343 g/mol. The predicted molar refractivity (Wildman–Crippen MR) is 99.5 cm³/mol. The van der Waals surface area contributed by atoms with Crippen LogP contribution in [0.25, 0.3) is 11.0 Å². The van der Waals surface area contributed by atoms with Crippen LogP contribution in [0, 0.1) is 0 Å². The Balaban J connectivity index is 1.61. The van der Waals surface area contributed by atoms with Crippen LogP contribution in [0.5, 0.6) is 0 Å². The molecule has 4 rings (SSSR count). The fourth-order valence-corrected chi connectivity index (χ4v) is 5.27. The van der Waals surface area contributed by atoms with Crippen molar-refractivity contribution in [3.8, 4) is 0 Å². The molecule has 0 spiro atoms. The molecule has 0 unspecified atom stereocenters. The summed E-state index contributed by atoms with van der Waals surface area (Å²) in [5.74, 6) is 1.56. The van der Waals surface area contributed by atoms with E-state index in [1.165, 1.54) is 32.1 Å². The molecule has 2 aromatic rings. The molecular weight excluding hydrogens is 318 g/mol. The van der Waals surface area contributed by atoms with E-state index in [2.05, 4.69) is 6.07 Å². The van der Waals surface area contributed by atoms with Crippen molar-refractivity contribution in [1.29, 1.82) is 0 Å². The van der Waals surface area contributed by atoms with Gasteiger partial charge in [-0.1, -0.05) is 37.5 Å². The number of furan rings is 1. The van der Waals surface area contributed by atoms with Gasteiger partial charge in [-0.15, -0.1) is 0 Å². The first-order valence-corrected chi connectivity index (χ1v) is 10.3. The number of hydrogen-bond acceptors (Lipinski definition) is 3. The maximum Gasteiger partial charge on any atom is 0.289 e. The fraction of sp³-hybridized carbons (Fsp3) is 0.550. The quantitative estimate of drug-likeness (QED) is 0.761. The largest absolute Gasteiger partial charge is 0.451 e. The molecule has 1 aromatic heterocycles. The van der Waals surface area contributed by atoms with Gasteiger partial charge in [0.1, 0.15) is 5.58 Å². The maximum absolute atomic E-state index is 12.9. The van der Waals surface area contributed by atoms with Crippen LogP contribution in [0.1, 0.15) is 61.1 Å². The van der Waals surface area contributed by atoms with Crippen LogP contribution in [0.3, 0.4) is 0 Å². The highest BCUT2D eigenvalue weighted by atomic mass is 32.2. The molecule has 128 valence electrons. The molecule has 0 N–H and O–H groups in total. The van der Waals surface area contributed by atoms with Crippen molar-refractivity contribution in [2.45, 2.75) is 55.9 Å². The summed E-state index contributed by atoms with van der Waals surface area (Å²) in [5.41, 5.74) is 1.96. The van der Waals surface area contributed by atoms with Gasteiger partial charge in [-0.25, -0.2) is 0 Å². The molecular formula is C20H25NO2S. The van der Waals surface area contributed by atoms with E-state index in [0.717, 1.165) is 53.5 Å². The number of hydrogen-bond donors (Lipinski definition) is 0. The third-order valence-electron chi connectivity index (χ3n) is 5.30. The smallest absolute Gasteiger partial charge is 0.289 e. The van der Waals surface area contributed by atoms with Crippen molar-refractivity contribution in [1.82, 2.24) is 4.90 Å². The highest BCUT2D eigenvalue weighted by molar-refractivity contribution is 7.99.